The zero-order chi connectivity index (χ0) is 16.2. The largest absolute Gasteiger partial charge is 0.269 e. The first kappa shape index (κ1) is 16.7. The van der Waals surface area contributed by atoms with E-state index in [-0.39, 0.29) is 5.92 Å². The summed E-state index contributed by atoms with van der Waals surface area (Å²) in [4.78, 5) is 4.26. The Morgan fingerprint density at radius 2 is 2.05 bits per heavy atom. The van der Waals surface area contributed by atoms with Crippen molar-refractivity contribution in [1.82, 2.24) is 8.96 Å². The molecule has 1 aromatic carbocycles. The molecule has 0 saturated carbocycles. The highest BCUT2D eigenvalue weighted by Crippen LogP contribution is 2.32. The van der Waals surface area contributed by atoms with Crippen LogP contribution in [-0.2, 0) is 10.0 Å². The van der Waals surface area contributed by atoms with Crippen LogP contribution in [0, 0.1) is 6.92 Å². The Kier molecular flexibility index (Phi) is 5.40. The monoisotopic (exact) mass is 320 g/mol. The van der Waals surface area contributed by atoms with E-state index in [9.17, 15) is 8.42 Å². The summed E-state index contributed by atoms with van der Waals surface area (Å²) >= 11 is 0. The Morgan fingerprint density at radius 3 is 2.64 bits per heavy atom. The van der Waals surface area contributed by atoms with Crippen LogP contribution in [0.1, 0.15) is 56.6 Å². The normalized spacial score (nSPS) is 13.2. The Balaban J connectivity index is 2.52. The van der Waals surface area contributed by atoms with E-state index < -0.39 is 10.0 Å². The summed E-state index contributed by atoms with van der Waals surface area (Å²) in [5, 5.41) is 0. The van der Waals surface area contributed by atoms with E-state index in [0.717, 1.165) is 36.8 Å². The number of hydrogen-bond acceptors (Lipinski definition) is 3. The minimum atomic E-state index is -3.57. The molecule has 0 spiro atoms. The molecular formula is C17H24N2O2S. The van der Waals surface area contributed by atoms with Crippen molar-refractivity contribution in [2.45, 2.75) is 57.3 Å². The van der Waals surface area contributed by atoms with E-state index in [0.29, 0.717) is 4.90 Å². The van der Waals surface area contributed by atoms with Crippen molar-refractivity contribution < 1.29 is 8.42 Å². The van der Waals surface area contributed by atoms with Gasteiger partial charge in [-0.25, -0.2) is 17.4 Å². The maximum Gasteiger partial charge on any atom is 0.269 e. The summed E-state index contributed by atoms with van der Waals surface area (Å²) in [6, 6.07) is 5.61. The average molecular weight is 320 g/mol. The Labute approximate surface area is 133 Å². The molecule has 0 radical (unpaired) electrons. The average Bonchev–Trinajstić information content (AvgIpc) is 3.03. The second-order valence-corrected chi connectivity index (χ2v) is 7.50. The summed E-state index contributed by atoms with van der Waals surface area (Å²) < 4.78 is 26.9. The number of nitrogens with zero attached hydrogens (tertiary/aromatic N) is 2. The number of rotatable bonds is 7. The van der Waals surface area contributed by atoms with Crippen molar-refractivity contribution in [2.75, 3.05) is 0 Å². The quantitative estimate of drug-likeness (QED) is 0.771. The highest BCUT2D eigenvalue weighted by molar-refractivity contribution is 7.90. The van der Waals surface area contributed by atoms with Crippen molar-refractivity contribution in [3.8, 4) is 0 Å². The first-order chi connectivity index (χ1) is 10.5. The zero-order valence-electron chi connectivity index (χ0n) is 13.5. The van der Waals surface area contributed by atoms with Crippen molar-refractivity contribution in [3.05, 3.63) is 48.0 Å². The SMILES string of the molecule is CCCCC(CC)c1cc(C)ccc1S(=O)(=O)n1ccnc1. The molecule has 0 N–H and O–H groups in total. The fourth-order valence-electron chi connectivity index (χ4n) is 2.75. The van der Waals surface area contributed by atoms with Crippen molar-refractivity contribution in [1.29, 1.82) is 0 Å². The molecule has 5 heteroatoms. The number of aryl methyl sites for hydroxylation is 1. The fourth-order valence-corrected chi connectivity index (χ4v) is 4.14. The Bertz CT molecular complexity index is 706. The first-order valence-corrected chi connectivity index (χ1v) is 9.28. The van der Waals surface area contributed by atoms with E-state index in [1.807, 2.05) is 19.1 Å². The van der Waals surface area contributed by atoms with Gasteiger partial charge < -0.3 is 0 Å². The topological polar surface area (TPSA) is 52.0 Å². The van der Waals surface area contributed by atoms with E-state index in [1.54, 1.807) is 6.07 Å². The highest BCUT2D eigenvalue weighted by Gasteiger charge is 2.24. The molecule has 1 atom stereocenters. The van der Waals surface area contributed by atoms with Crippen LogP contribution in [0.2, 0.25) is 0 Å². The zero-order valence-corrected chi connectivity index (χ0v) is 14.3. The van der Waals surface area contributed by atoms with Crippen LogP contribution < -0.4 is 0 Å². The number of imidazole rings is 1. The molecule has 120 valence electrons. The summed E-state index contributed by atoms with van der Waals surface area (Å²) in [5.41, 5.74) is 2.03. The predicted molar refractivity (Wildman–Crippen MR) is 88.5 cm³/mol. The molecule has 0 bridgehead atoms. The molecule has 0 aliphatic heterocycles. The van der Waals surface area contributed by atoms with E-state index in [2.05, 4.69) is 18.8 Å². The summed E-state index contributed by atoms with van der Waals surface area (Å²) in [5.74, 6) is 0.271. The van der Waals surface area contributed by atoms with Crippen LogP contribution in [0.15, 0.2) is 41.8 Å². The van der Waals surface area contributed by atoms with Gasteiger partial charge in [0.05, 0.1) is 4.90 Å². The summed E-state index contributed by atoms with van der Waals surface area (Å²) in [6.07, 6.45) is 8.49. The molecule has 0 aliphatic rings. The third-order valence-electron chi connectivity index (χ3n) is 4.04. The third kappa shape index (κ3) is 3.40. The molecular weight excluding hydrogens is 296 g/mol. The van der Waals surface area contributed by atoms with Crippen LogP contribution in [0.5, 0.6) is 0 Å². The number of aromatic nitrogens is 2. The third-order valence-corrected chi connectivity index (χ3v) is 5.74. The lowest BCUT2D eigenvalue weighted by Crippen LogP contribution is -2.15. The van der Waals surface area contributed by atoms with Crippen molar-refractivity contribution >= 4 is 10.0 Å². The van der Waals surface area contributed by atoms with Gasteiger partial charge in [0.15, 0.2) is 0 Å². The van der Waals surface area contributed by atoms with Gasteiger partial charge in [-0.2, -0.15) is 0 Å². The van der Waals surface area contributed by atoms with Gasteiger partial charge in [0, 0.05) is 12.4 Å². The standard InChI is InChI=1S/C17H24N2O2S/c1-4-6-7-15(5-2)16-12-14(3)8-9-17(16)22(20,21)19-11-10-18-13-19/h8-13,15H,4-7H2,1-3H3. The van der Waals surface area contributed by atoms with E-state index in [1.165, 1.54) is 22.7 Å². The molecule has 22 heavy (non-hydrogen) atoms. The van der Waals surface area contributed by atoms with Gasteiger partial charge in [0.2, 0.25) is 0 Å². The van der Waals surface area contributed by atoms with Crippen LogP contribution >= 0.6 is 0 Å². The Hall–Kier alpha value is -1.62. The molecule has 2 rings (SSSR count). The summed E-state index contributed by atoms with van der Waals surface area (Å²) in [7, 11) is -3.57. The van der Waals surface area contributed by atoms with Crippen LogP contribution in [0.3, 0.4) is 0 Å². The number of hydrogen-bond donors (Lipinski definition) is 0. The lowest BCUT2D eigenvalue weighted by Gasteiger charge is -2.20. The predicted octanol–water partition coefficient (Wildman–Crippen LogP) is 4.11. The molecule has 2 aromatic rings. The lowest BCUT2D eigenvalue weighted by molar-refractivity contribution is 0.552. The molecule has 1 aromatic heterocycles. The van der Waals surface area contributed by atoms with Crippen LogP contribution in [0.25, 0.3) is 0 Å². The van der Waals surface area contributed by atoms with Gasteiger partial charge in [-0.05, 0) is 37.3 Å². The molecule has 0 fully saturated rings. The van der Waals surface area contributed by atoms with Gasteiger partial charge in [0.25, 0.3) is 10.0 Å². The smallest absolute Gasteiger partial charge is 0.244 e. The highest BCUT2D eigenvalue weighted by atomic mass is 32.2. The molecule has 0 aliphatic carbocycles. The molecule has 4 nitrogen and oxygen atoms in total. The lowest BCUT2D eigenvalue weighted by atomic mass is 9.90. The maximum absolute atomic E-state index is 12.8. The van der Waals surface area contributed by atoms with E-state index >= 15 is 0 Å². The summed E-state index contributed by atoms with van der Waals surface area (Å²) in [6.45, 7) is 6.28. The number of benzene rings is 1. The molecule has 1 heterocycles. The van der Waals surface area contributed by atoms with Crippen LogP contribution in [-0.4, -0.2) is 17.4 Å². The number of unbranched alkanes of at least 4 members (excludes halogenated alkanes) is 1. The fraction of sp³-hybridized carbons (Fsp3) is 0.471. The van der Waals surface area contributed by atoms with Gasteiger partial charge >= 0.3 is 0 Å². The minimum absolute atomic E-state index is 0.271. The van der Waals surface area contributed by atoms with Gasteiger partial charge in [-0.1, -0.05) is 44.4 Å². The van der Waals surface area contributed by atoms with Crippen molar-refractivity contribution in [2.24, 2.45) is 0 Å². The van der Waals surface area contributed by atoms with Gasteiger partial charge in [-0.3, -0.25) is 0 Å². The second kappa shape index (κ2) is 7.09. The second-order valence-electron chi connectivity index (χ2n) is 5.69. The maximum atomic E-state index is 12.8. The van der Waals surface area contributed by atoms with Crippen molar-refractivity contribution in [3.63, 3.8) is 0 Å². The molecule has 0 saturated heterocycles. The van der Waals surface area contributed by atoms with Gasteiger partial charge in [-0.15, -0.1) is 0 Å². The molecule has 0 amide bonds. The Morgan fingerprint density at radius 1 is 1.27 bits per heavy atom. The first-order valence-electron chi connectivity index (χ1n) is 7.84. The minimum Gasteiger partial charge on any atom is -0.244 e. The molecule has 1 unspecified atom stereocenters. The van der Waals surface area contributed by atoms with Crippen LogP contribution in [0.4, 0.5) is 0 Å². The van der Waals surface area contributed by atoms with Gasteiger partial charge in [0.1, 0.15) is 6.33 Å². The van der Waals surface area contributed by atoms with E-state index in [4.69, 9.17) is 0 Å².